The monoisotopic (exact) mass is 315 g/mol. The highest BCUT2D eigenvalue weighted by Crippen LogP contribution is 2.65. The Morgan fingerprint density at radius 3 is 2.61 bits per heavy atom. The van der Waals surface area contributed by atoms with Crippen LogP contribution in [-0.2, 0) is 16.0 Å². The minimum absolute atomic E-state index is 0.0308. The van der Waals surface area contributed by atoms with E-state index in [2.05, 4.69) is 5.32 Å². The summed E-state index contributed by atoms with van der Waals surface area (Å²) in [4.78, 5) is 24.5. The predicted octanol–water partition coefficient (Wildman–Crippen LogP) is 1.87. The summed E-state index contributed by atoms with van der Waals surface area (Å²) in [5.74, 6) is -3.01. The number of rotatable bonds is 2. The Kier molecular flexibility index (Phi) is 2.78. The normalized spacial score (nSPS) is 43.7. The number of piperidine rings is 2. The summed E-state index contributed by atoms with van der Waals surface area (Å²) >= 11 is 0. The van der Waals surface area contributed by atoms with E-state index >= 15 is 0 Å². The molecule has 2 saturated heterocycles. The Labute approximate surface area is 134 Å². The van der Waals surface area contributed by atoms with Gasteiger partial charge < -0.3 is 15.5 Å². The van der Waals surface area contributed by atoms with Crippen LogP contribution in [0.1, 0.15) is 37.3 Å². The zero-order valence-corrected chi connectivity index (χ0v) is 13.2. The average molecular weight is 315 g/mol. The van der Waals surface area contributed by atoms with Gasteiger partial charge in [-0.15, -0.1) is 0 Å². The third-order valence-electron chi connectivity index (χ3n) is 6.64. The Hall–Kier alpha value is -1.88. The molecule has 5 heteroatoms. The molecule has 3 fully saturated rings. The van der Waals surface area contributed by atoms with Gasteiger partial charge in [-0.25, -0.2) is 0 Å². The Bertz CT molecular complexity index is 717. The number of hydrogen-bond donors (Lipinski definition) is 3. The maximum absolute atomic E-state index is 12.4. The number of carbonyl (C=O) groups is 2. The third-order valence-corrected chi connectivity index (χ3v) is 6.64. The van der Waals surface area contributed by atoms with Crippen LogP contribution in [0.15, 0.2) is 24.3 Å². The van der Waals surface area contributed by atoms with Crippen LogP contribution in [0, 0.1) is 17.3 Å². The fourth-order valence-electron chi connectivity index (χ4n) is 5.97. The second-order valence-corrected chi connectivity index (χ2v) is 7.62. The predicted molar refractivity (Wildman–Crippen MR) is 83.2 cm³/mol. The van der Waals surface area contributed by atoms with E-state index in [1.54, 1.807) is 0 Å². The maximum Gasteiger partial charge on any atom is 0.312 e. The van der Waals surface area contributed by atoms with Gasteiger partial charge in [0.15, 0.2) is 0 Å². The highest BCUT2D eigenvalue weighted by molar-refractivity contribution is 5.84. The van der Waals surface area contributed by atoms with Crippen molar-refractivity contribution in [2.75, 3.05) is 0 Å². The molecule has 122 valence electrons. The fraction of sp³-hybridized carbons (Fsp3) is 0.556. The molecule has 5 rings (SSSR count). The van der Waals surface area contributed by atoms with Gasteiger partial charge in [-0.1, -0.05) is 24.3 Å². The smallest absolute Gasteiger partial charge is 0.312 e. The van der Waals surface area contributed by atoms with E-state index in [1.807, 2.05) is 38.1 Å². The third kappa shape index (κ3) is 1.56. The molecule has 1 aromatic rings. The molecular formula is C18H21NO4. The number of aliphatic carboxylic acids is 2. The van der Waals surface area contributed by atoms with Crippen LogP contribution < -0.4 is 5.32 Å². The molecule has 2 heterocycles. The first-order valence-corrected chi connectivity index (χ1v) is 8.14. The van der Waals surface area contributed by atoms with Gasteiger partial charge in [0.25, 0.3) is 0 Å². The first kappa shape index (κ1) is 14.7. The molecule has 4 bridgehead atoms. The van der Waals surface area contributed by atoms with Crippen LogP contribution in [0.4, 0.5) is 0 Å². The van der Waals surface area contributed by atoms with Crippen LogP contribution in [-0.4, -0.2) is 33.7 Å². The largest absolute Gasteiger partial charge is 0.481 e. The zero-order valence-electron chi connectivity index (χ0n) is 13.2. The Morgan fingerprint density at radius 1 is 1.26 bits per heavy atom. The molecule has 3 N–H and O–H groups in total. The standard InChI is InChI=1S/C18H21NO4/c1-9-18(16(22)23)11-7-10-5-3-4-6-12(10)13(18)14(15(20)21)17(2,8-11)19-9/h3-6,9,11,13-14,19H,7-8H2,1-2H3,(H,20,21)(H,22,23)/t9?,11?,13?,14-,17?,18?/m1/s1. The molecule has 0 spiro atoms. The number of carboxylic acids is 2. The molecule has 1 aromatic carbocycles. The molecule has 5 unspecified atom stereocenters. The Morgan fingerprint density at radius 2 is 1.96 bits per heavy atom. The average Bonchev–Trinajstić information content (AvgIpc) is 2.45. The van der Waals surface area contributed by atoms with E-state index in [9.17, 15) is 19.8 Å². The summed E-state index contributed by atoms with van der Waals surface area (Å²) in [6.45, 7) is 3.85. The molecule has 6 atom stereocenters. The molecule has 0 aromatic heterocycles. The van der Waals surface area contributed by atoms with Crippen molar-refractivity contribution in [2.24, 2.45) is 17.3 Å². The van der Waals surface area contributed by atoms with Crippen molar-refractivity contribution in [3.05, 3.63) is 35.4 Å². The van der Waals surface area contributed by atoms with Crippen molar-refractivity contribution < 1.29 is 19.8 Å². The van der Waals surface area contributed by atoms with Crippen LogP contribution in [0.5, 0.6) is 0 Å². The van der Waals surface area contributed by atoms with E-state index in [0.29, 0.717) is 12.8 Å². The molecule has 2 aliphatic carbocycles. The van der Waals surface area contributed by atoms with E-state index in [4.69, 9.17) is 0 Å². The molecule has 0 amide bonds. The lowest BCUT2D eigenvalue weighted by atomic mass is 9.41. The highest BCUT2D eigenvalue weighted by Gasteiger charge is 2.72. The van der Waals surface area contributed by atoms with Gasteiger partial charge in [0.2, 0.25) is 0 Å². The van der Waals surface area contributed by atoms with Gasteiger partial charge in [-0.3, -0.25) is 9.59 Å². The van der Waals surface area contributed by atoms with E-state index < -0.39 is 34.7 Å². The van der Waals surface area contributed by atoms with Gasteiger partial charge in [0, 0.05) is 17.5 Å². The molecule has 23 heavy (non-hydrogen) atoms. The summed E-state index contributed by atoms with van der Waals surface area (Å²) in [6, 6.07) is 7.52. The van der Waals surface area contributed by atoms with Crippen LogP contribution in [0.25, 0.3) is 0 Å². The summed E-state index contributed by atoms with van der Waals surface area (Å²) in [6.07, 6.45) is 1.30. The summed E-state index contributed by atoms with van der Waals surface area (Å²) < 4.78 is 0. The second kappa shape index (κ2) is 4.35. The summed E-state index contributed by atoms with van der Waals surface area (Å²) in [7, 11) is 0. The minimum atomic E-state index is -1.05. The highest BCUT2D eigenvalue weighted by atomic mass is 16.4. The molecule has 1 saturated carbocycles. The van der Waals surface area contributed by atoms with Gasteiger partial charge in [0.1, 0.15) is 0 Å². The van der Waals surface area contributed by atoms with Gasteiger partial charge in [-0.2, -0.15) is 0 Å². The fourth-order valence-corrected chi connectivity index (χ4v) is 5.97. The van der Waals surface area contributed by atoms with Crippen molar-refractivity contribution >= 4 is 11.9 Å². The minimum Gasteiger partial charge on any atom is -0.481 e. The lowest BCUT2D eigenvalue weighted by Gasteiger charge is -2.67. The van der Waals surface area contributed by atoms with Gasteiger partial charge in [0.05, 0.1) is 11.3 Å². The number of hydrogen-bond acceptors (Lipinski definition) is 3. The van der Waals surface area contributed by atoms with Crippen LogP contribution >= 0.6 is 0 Å². The number of fused-ring (bicyclic) bond motifs is 2. The molecule has 0 radical (unpaired) electrons. The second-order valence-electron chi connectivity index (χ2n) is 7.62. The first-order valence-electron chi connectivity index (χ1n) is 8.14. The van der Waals surface area contributed by atoms with Gasteiger partial charge >= 0.3 is 11.9 Å². The van der Waals surface area contributed by atoms with Crippen molar-refractivity contribution in [3.63, 3.8) is 0 Å². The quantitative estimate of drug-likeness (QED) is 0.775. The van der Waals surface area contributed by atoms with Crippen molar-refractivity contribution in [2.45, 2.75) is 44.2 Å². The van der Waals surface area contributed by atoms with Crippen molar-refractivity contribution in [3.8, 4) is 0 Å². The number of nitrogens with one attached hydrogen (secondary N) is 1. The molecular weight excluding hydrogens is 294 g/mol. The van der Waals surface area contributed by atoms with E-state index in [1.165, 1.54) is 0 Å². The van der Waals surface area contributed by atoms with E-state index in [0.717, 1.165) is 11.1 Å². The Balaban J connectivity index is 2.04. The van der Waals surface area contributed by atoms with Gasteiger partial charge in [-0.05, 0) is 43.7 Å². The first-order chi connectivity index (χ1) is 10.8. The lowest BCUT2D eigenvalue weighted by molar-refractivity contribution is -0.189. The van der Waals surface area contributed by atoms with Crippen LogP contribution in [0.2, 0.25) is 0 Å². The number of carboxylic acid groups (broad SMARTS) is 2. The van der Waals surface area contributed by atoms with E-state index in [-0.39, 0.29) is 12.0 Å². The summed E-state index contributed by atoms with van der Waals surface area (Å²) in [5, 5.41) is 23.4. The molecule has 2 aliphatic heterocycles. The topological polar surface area (TPSA) is 86.6 Å². The van der Waals surface area contributed by atoms with Crippen LogP contribution in [0.3, 0.4) is 0 Å². The zero-order chi connectivity index (χ0) is 16.6. The number of benzene rings is 1. The SMILES string of the molecule is CC1NC2(C)CC3Cc4ccccc4C([C@@H]2C(=O)O)C31C(=O)O. The maximum atomic E-state index is 12.4. The lowest BCUT2D eigenvalue weighted by Crippen LogP contribution is -2.78. The molecule has 5 nitrogen and oxygen atoms in total. The van der Waals surface area contributed by atoms with Crippen molar-refractivity contribution in [1.29, 1.82) is 0 Å². The summed E-state index contributed by atoms with van der Waals surface area (Å²) in [5.41, 5.74) is 0.417. The van der Waals surface area contributed by atoms with Crippen molar-refractivity contribution in [1.82, 2.24) is 5.32 Å². The molecule has 4 aliphatic rings.